The lowest BCUT2D eigenvalue weighted by atomic mass is 9.95. The van der Waals surface area contributed by atoms with Crippen LogP contribution in [0.3, 0.4) is 0 Å². The molecule has 0 fully saturated rings. The molecular weight excluding hydrogens is 444 g/mol. The third kappa shape index (κ3) is 7.12. The van der Waals surface area contributed by atoms with E-state index in [-0.39, 0.29) is 15.6 Å². The zero-order valence-electron chi connectivity index (χ0n) is 12.9. The Labute approximate surface area is 149 Å². The maximum Gasteiger partial charge on any atom is 0.347 e. The first-order chi connectivity index (χ1) is 10.6. The number of carbonyl (C=O) groups excluding carboxylic acids is 4. The van der Waals surface area contributed by atoms with Crippen molar-refractivity contribution < 1.29 is 38.1 Å². The molecule has 0 aromatic carbocycles. The topological polar surface area (TPSA) is 105 Å². The molecule has 130 valence electrons. The lowest BCUT2D eigenvalue weighted by Crippen LogP contribution is -2.32. The highest BCUT2D eigenvalue weighted by Gasteiger charge is 2.31. The SMILES string of the molecule is COC(=O)COC(=O)/C(Br)=C(\Br)C(=O)OCC(C)(C)C(=O)OC. The van der Waals surface area contributed by atoms with Crippen molar-refractivity contribution >= 4 is 55.7 Å². The van der Waals surface area contributed by atoms with Gasteiger partial charge in [0.1, 0.15) is 15.6 Å². The Morgan fingerprint density at radius 3 is 1.78 bits per heavy atom. The number of methoxy groups -OCH3 is 2. The minimum absolute atomic E-state index is 0.256. The maximum atomic E-state index is 11.8. The third-order valence-corrected chi connectivity index (χ3v) is 4.37. The molecule has 0 heterocycles. The molecule has 0 saturated heterocycles. The first kappa shape index (κ1) is 21.6. The number of carbonyl (C=O) groups is 4. The van der Waals surface area contributed by atoms with Crippen LogP contribution in [0.2, 0.25) is 0 Å². The highest BCUT2D eigenvalue weighted by atomic mass is 79.9. The average Bonchev–Trinajstić information content (AvgIpc) is 2.54. The van der Waals surface area contributed by atoms with Crippen LogP contribution in [-0.2, 0) is 38.1 Å². The second kappa shape index (κ2) is 9.66. The summed E-state index contributed by atoms with van der Waals surface area (Å²) in [6, 6.07) is 0. The van der Waals surface area contributed by atoms with E-state index >= 15 is 0 Å². The van der Waals surface area contributed by atoms with Gasteiger partial charge in [-0.3, -0.25) is 4.79 Å². The van der Waals surface area contributed by atoms with E-state index in [9.17, 15) is 19.2 Å². The van der Waals surface area contributed by atoms with Crippen LogP contribution < -0.4 is 0 Å². The molecule has 0 radical (unpaired) electrons. The van der Waals surface area contributed by atoms with Gasteiger partial charge in [-0.05, 0) is 45.7 Å². The molecule has 0 unspecified atom stereocenters. The molecule has 0 aliphatic carbocycles. The maximum absolute atomic E-state index is 11.8. The Kier molecular flexibility index (Phi) is 9.06. The number of rotatable bonds is 7. The highest BCUT2D eigenvalue weighted by Crippen LogP contribution is 2.23. The summed E-state index contributed by atoms with van der Waals surface area (Å²) in [7, 11) is 2.35. The van der Waals surface area contributed by atoms with Crippen LogP contribution in [-0.4, -0.2) is 51.3 Å². The third-order valence-electron chi connectivity index (χ3n) is 2.40. The lowest BCUT2D eigenvalue weighted by Gasteiger charge is -2.20. The number of hydrogen-bond acceptors (Lipinski definition) is 8. The average molecular weight is 460 g/mol. The largest absolute Gasteiger partial charge is 0.469 e. The fourth-order valence-electron chi connectivity index (χ4n) is 1.07. The van der Waals surface area contributed by atoms with Crippen LogP contribution in [0, 0.1) is 5.41 Å². The Hall–Kier alpha value is -1.42. The van der Waals surface area contributed by atoms with Gasteiger partial charge in [-0.1, -0.05) is 0 Å². The van der Waals surface area contributed by atoms with Gasteiger partial charge >= 0.3 is 23.9 Å². The van der Waals surface area contributed by atoms with E-state index in [0.29, 0.717) is 0 Å². The number of hydrogen-bond donors (Lipinski definition) is 0. The fourth-order valence-corrected chi connectivity index (χ4v) is 1.62. The normalized spacial score (nSPS) is 11.9. The van der Waals surface area contributed by atoms with Gasteiger partial charge in [0.2, 0.25) is 0 Å². The summed E-state index contributed by atoms with van der Waals surface area (Å²) in [6.45, 7) is 2.20. The van der Waals surface area contributed by atoms with Crippen molar-refractivity contribution in [1.29, 1.82) is 0 Å². The second-order valence-corrected chi connectivity index (χ2v) is 6.32. The monoisotopic (exact) mass is 458 g/mol. The van der Waals surface area contributed by atoms with Crippen LogP contribution >= 0.6 is 31.9 Å². The van der Waals surface area contributed by atoms with Gasteiger partial charge in [0.25, 0.3) is 0 Å². The van der Waals surface area contributed by atoms with Crippen molar-refractivity contribution in [2.24, 2.45) is 5.41 Å². The first-order valence-electron chi connectivity index (χ1n) is 6.11. The predicted octanol–water partition coefficient (Wildman–Crippen LogP) is 1.45. The number of ether oxygens (including phenoxy) is 4. The van der Waals surface area contributed by atoms with E-state index in [1.807, 2.05) is 0 Å². The van der Waals surface area contributed by atoms with Gasteiger partial charge in [0.05, 0.1) is 19.6 Å². The van der Waals surface area contributed by atoms with Crippen molar-refractivity contribution in [3.8, 4) is 0 Å². The fraction of sp³-hybridized carbons (Fsp3) is 0.538. The van der Waals surface area contributed by atoms with Gasteiger partial charge in [-0.15, -0.1) is 0 Å². The second-order valence-electron chi connectivity index (χ2n) is 4.73. The van der Waals surface area contributed by atoms with Crippen molar-refractivity contribution in [3.63, 3.8) is 0 Å². The molecule has 0 aliphatic rings. The molecule has 0 aromatic heterocycles. The summed E-state index contributed by atoms with van der Waals surface area (Å²) in [5.41, 5.74) is -1.05. The molecular formula is C13H16Br2O8. The van der Waals surface area contributed by atoms with Crippen molar-refractivity contribution in [2.75, 3.05) is 27.4 Å². The molecule has 0 atom stereocenters. The smallest absolute Gasteiger partial charge is 0.347 e. The molecule has 10 heteroatoms. The van der Waals surface area contributed by atoms with Crippen molar-refractivity contribution in [2.45, 2.75) is 13.8 Å². The van der Waals surface area contributed by atoms with Gasteiger partial charge in [-0.2, -0.15) is 0 Å². The quantitative estimate of drug-likeness (QED) is 0.320. The minimum atomic E-state index is -1.05. The molecule has 0 saturated carbocycles. The summed E-state index contributed by atoms with van der Waals surface area (Å²) >= 11 is 5.74. The van der Waals surface area contributed by atoms with E-state index in [4.69, 9.17) is 4.74 Å². The van der Waals surface area contributed by atoms with E-state index in [1.54, 1.807) is 0 Å². The Bertz CT molecular complexity index is 524. The summed E-state index contributed by atoms with van der Waals surface area (Å²) in [6.07, 6.45) is 0. The summed E-state index contributed by atoms with van der Waals surface area (Å²) < 4.78 is 17.9. The Morgan fingerprint density at radius 1 is 0.870 bits per heavy atom. The van der Waals surface area contributed by atoms with Crippen LogP contribution in [0.15, 0.2) is 8.96 Å². The van der Waals surface area contributed by atoms with Crippen molar-refractivity contribution in [3.05, 3.63) is 8.96 Å². The zero-order chi connectivity index (χ0) is 18.2. The Morgan fingerprint density at radius 2 is 1.35 bits per heavy atom. The van der Waals surface area contributed by atoms with E-state index < -0.39 is 35.9 Å². The minimum Gasteiger partial charge on any atom is -0.469 e. The first-order valence-corrected chi connectivity index (χ1v) is 7.70. The molecule has 23 heavy (non-hydrogen) atoms. The van der Waals surface area contributed by atoms with Crippen LogP contribution in [0.4, 0.5) is 0 Å². The van der Waals surface area contributed by atoms with Crippen LogP contribution in [0.5, 0.6) is 0 Å². The van der Waals surface area contributed by atoms with Gasteiger partial charge in [0, 0.05) is 0 Å². The highest BCUT2D eigenvalue weighted by molar-refractivity contribution is 9.14. The van der Waals surface area contributed by atoms with Crippen molar-refractivity contribution in [1.82, 2.24) is 0 Å². The van der Waals surface area contributed by atoms with Crippen LogP contribution in [0.25, 0.3) is 0 Å². The zero-order valence-corrected chi connectivity index (χ0v) is 16.1. The van der Waals surface area contributed by atoms with E-state index in [0.717, 1.165) is 7.11 Å². The van der Waals surface area contributed by atoms with Gasteiger partial charge in [0.15, 0.2) is 6.61 Å². The van der Waals surface area contributed by atoms with E-state index in [1.165, 1.54) is 21.0 Å². The summed E-state index contributed by atoms with van der Waals surface area (Å²) in [5, 5.41) is 0. The van der Waals surface area contributed by atoms with E-state index in [2.05, 4.69) is 46.1 Å². The molecule has 0 spiro atoms. The predicted molar refractivity (Wildman–Crippen MR) is 84.6 cm³/mol. The standard InChI is InChI=1S/C13H16Br2O8/c1-13(2,12(19)21-4)6-23-11(18)9(15)8(14)10(17)22-5-7(16)20-3/h5-6H2,1-4H3/b9-8+. The molecule has 0 aliphatic heterocycles. The molecule has 0 amide bonds. The number of halogens is 2. The lowest BCUT2D eigenvalue weighted by molar-refractivity contribution is -0.157. The molecule has 8 nitrogen and oxygen atoms in total. The Balaban J connectivity index is 4.76. The molecule has 0 rings (SSSR count). The number of esters is 4. The summed E-state index contributed by atoms with van der Waals surface area (Å²) in [4.78, 5) is 45.8. The van der Waals surface area contributed by atoms with Gasteiger partial charge < -0.3 is 18.9 Å². The molecule has 0 N–H and O–H groups in total. The van der Waals surface area contributed by atoms with Gasteiger partial charge in [-0.25, -0.2) is 14.4 Å². The van der Waals surface area contributed by atoms with Crippen LogP contribution in [0.1, 0.15) is 13.8 Å². The summed E-state index contributed by atoms with van der Waals surface area (Å²) in [5.74, 6) is -3.17. The molecule has 0 aromatic rings. The molecule has 0 bridgehead atoms.